The van der Waals surface area contributed by atoms with Crippen LogP contribution in [0.3, 0.4) is 0 Å². The van der Waals surface area contributed by atoms with Crippen LogP contribution in [0.4, 0.5) is 0 Å². The lowest BCUT2D eigenvalue weighted by Gasteiger charge is -2.24. The molecule has 1 aliphatic rings. The lowest BCUT2D eigenvalue weighted by atomic mass is 9.90. The van der Waals surface area contributed by atoms with Gasteiger partial charge in [-0.2, -0.15) is 0 Å². The fourth-order valence-electron chi connectivity index (χ4n) is 3.72. The molecule has 0 unspecified atom stereocenters. The Hall–Kier alpha value is -1.67. The number of fused-ring (bicyclic) bond motifs is 2. The highest BCUT2D eigenvalue weighted by Crippen LogP contribution is 2.44. The summed E-state index contributed by atoms with van der Waals surface area (Å²) in [4.78, 5) is 0. The van der Waals surface area contributed by atoms with Gasteiger partial charge in [-0.05, 0) is 19.3 Å². The highest BCUT2D eigenvalue weighted by molar-refractivity contribution is 6.30. The molecule has 0 radical (unpaired) electrons. The van der Waals surface area contributed by atoms with Crippen molar-refractivity contribution in [2.24, 2.45) is 0 Å². The van der Waals surface area contributed by atoms with Crippen LogP contribution in [0.1, 0.15) is 63.5 Å². The molecule has 3 heteroatoms. The van der Waals surface area contributed by atoms with Gasteiger partial charge in [0.2, 0.25) is 0 Å². The van der Waals surface area contributed by atoms with Gasteiger partial charge < -0.3 is 9.47 Å². The quantitative estimate of drug-likeness (QED) is 0.402. The maximum atomic E-state index is 6.41. The first-order valence-electron chi connectivity index (χ1n) is 10.4. The van der Waals surface area contributed by atoms with Gasteiger partial charge in [0.05, 0.1) is 13.2 Å². The molecule has 0 saturated heterocycles. The Morgan fingerprint density at radius 2 is 1.37 bits per heavy atom. The van der Waals surface area contributed by atoms with Crippen molar-refractivity contribution in [3.05, 3.63) is 46.5 Å². The number of allylic oxidation sites excluding steroid dienone is 2. The van der Waals surface area contributed by atoms with E-state index in [0.29, 0.717) is 0 Å². The molecule has 2 aromatic rings. The van der Waals surface area contributed by atoms with Crippen LogP contribution in [-0.2, 0) is 12.8 Å². The molecule has 2 aromatic carbocycles. The summed E-state index contributed by atoms with van der Waals surface area (Å²) >= 11 is 6.41. The fourth-order valence-corrected chi connectivity index (χ4v) is 3.93. The van der Waals surface area contributed by atoms with Crippen LogP contribution < -0.4 is 9.47 Å². The number of rotatable bonds is 10. The summed E-state index contributed by atoms with van der Waals surface area (Å²) in [7, 11) is 0. The van der Waals surface area contributed by atoms with Gasteiger partial charge in [-0.1, -0.05) is 81.5 Å². The molecule has 0 fully saturated rings. The van der Waals surface area contributed by atoms with Crippen LogP contribution >= 0.6 is 11.6 Å². The third-order valence-corrected chi connectivity index (χ3v) is 5.48. The van der Waals surface area contributed by atoms with Crippen molar-refractivity contribution in [2.75, 3.05) is 13.2 Å². The van der Waals surface area contributed by atoms with E-state index in [1.54, 1.807) is 0 Å². The number of benzene rings is 2. The number of halogens is 1. The Bertz CT molecular complexity index is 795. The monoisotopic (exact) mass is 386 g/mol. The normalized spacial score (nSPS) is 13.4. The lowest BCUT2D eigenvalue weighted by molar-refractivity contribution is 0.298. The van der Waals surface area contributed by atoms with E-state index < -0.39 is 0 Å². The van der Waals surface area contributed by atoms with Crippen molar-refractivity contribution < 1.29 is 9.47 Å². The Labute approximate surface area is 168 Å². The third-order valence-electron chi connectivity index (χ3n) is 5.19. The fraction of sp³-hybridized carbons (Fsp3) is 0.500. The van der Waals surface area contributed by atoms with Gasteiger partial charge in [-0.25, -0.2) is 0 Å². The molecule has 1 aliphatic carbocycles. The standard InChI is InChI=1S/C24H31ClO2/c1-3-5-9-15-26-23-19-11-7-8-12-20(19)24(27-16-10-6-4-2)22-17-18(25)13-14-21(22)23/h7-8,11-13H,3-6,9-10,14-17H2,1-2H3. The first-order valence-corrected chi connectivity index (χ1v) is 10.8. The molecule has 0 atom stereocenters. The average molecular weight is 387 g/mol. The number of hydrogen-bond donors (Lipinski definition) is 0. The molecule has 0 aliphatic heterocycles. The highest BCUT2D eigenvalue weighted by atomic mass is 35.5. The van der Waals surface area contributed by atoms with E-state index in [1.165, 1.54) is 36.8 Å². The smallest absolute Gasteiger partial charge is 0.131 e. The Morgan fingerprint density at radius 3 is 1.93 bits per heavy atom. The van der Waals surface area contributed by atoms with Crippen LogP contribution in [0.5, 0.6) is 11.5 Å². The Kier molecular flexibility index (Phi) is 7.46. The molecule has 0 saturated carbocycles. The van der Waals surface area contributed by atoms with Crippen LogP contribution in [-0.4, -0.2) is 13.2 Å². The van der Waals surface area contributed by atoms with Crippen molar-refractivity contribution >= 4 is 22.4 Å². The second kappa shape index (κ2) is 10.0. The summed E-state index contributed by atoms with van der Waals surface area (Å²) in [6.45, 7) is 5.95. The number of ether oxygens (including phenoxy) is 2. The van der Waals surface area contributed by atoms with Crippen LogP contribution in [0.2, 0.25) is 0 Å². The second-order valence-electron chi connectivity index (χ2n) is 7.30. The summed E-state index contributed by atoms with van der Waals surface area (Å²) in [5, 5.41) is 3.20. The van der Waals surface area contributed by atoms with Gasteiger partial charge in [0.1, 0.15) is 11.5 Å². The molecule has 0 amide bonds. The third kappa shape index (κ3) is 4.79. The van der Waals surface area contributed by atoms with Crippen molar-refractivity contribution in [2.45, 2.75) is 65.2 Å². The molecule has 0 N–H and O–H groups in total. The lowest BCUT2D eigenvalue weighted by Crippen LogP contribution is -2.10. The summed E-state index contributed by atoms with van der Waals surface area (Å²) in [6, 6.07) is 8.47. The topological polar surface area (TPSA) is 18.5 Å². The van der Waals surface area contributed by atoms with Gasteiger partial charge >= 0.3 is 0 Å². The van der Waals surface area contributed by atoms with Crippen LogP contribution in [0, 0.1) is 0 Å². The predicted octanol–water partition coefficient (Wildman–Crippen LogP) is 7.20. The molecule has 146 valence electrons. The van der Waals surface area contributed by atoms with Gasteiger partial charge in [-0.15, -0.1) is 0 Å². The van der Waals surface area contributed by atoms with E-state index in [9.17, 15) is 0 Å². The van der Waals surface area contributed by atoms with Crippen molar-refractivity contribution in [3.8, 4) is 11.5 Å². The first kappa shape index (κ1) is 20.1. The summed E-state index contributed by atoms with van der Waals surface area (Å²) in [5.41, 5.74) is 2.46. The van der Waals surface area contributed by atoms with E-state index in [-0.39, 0.29) is 0 Å². The summed E-state index contributed by atoms with van der Waals surface area (Å²) in [6.07, 6.45) is 10.6. The minimum absolute atomic E-state index is 0.732. The molecular weight excluding hydrogens is 356 g/mol. The molecule has 0 heterocycles. The molecule has 0 aromatic heterocycles. The maximum Gasteiger partial charge on any atom is 0.131 e. The van der Waals surface area contributed by atoms with Gasteiger partial charge in [0.25, 0.3) is 0 Å². The van der Waals surface area contributed by atoms with E-state index in [1.807, 2.05) is 0 Å². The molecule has 0 bridgehead atoms. The van der Waals surface area contributed by atoms with E-state index in [4.69, 9.17) is 21.1 Å². The zero-order valence-electron chi connectivity index (χ0n) is 16.7. The minimum atomic E-state index is 0.732. The van der Waals surface area contributed by atoms with Crippen LogP contribution in [0.15, 0.2) is 35.4 Å². The summed E-state index contributed by atoms with van der Waals surface area (Å²) < 4.78 is 12.6. The highest BCUT2D eigenvalue weighted by Gasteiger charge is 2.24. The molecule has 3 rings (SSSR count). The molecule has 27 heavy (non-hydrogen) atoms. The Morgan fingerprint density at radius 1 is 0.815 bits per heavy atom. The zero-order valence-corrected chi connectivity index (χ0v) is 17.4. The number of hydrogen-bond acceptors (Lipinski definition) is 2. The second-order valence-corrected chi connectivity index (χ2v) is 7.79. The SMILES string of the molecule is CCCCCOc1c2c(c(OCCCCC)c3ccccc13)CC(Cl)=CC2. The van der Waals surface area contributed by atoms with E-state index >= 15 is 0 Å². The van der Waals surface area contributed by atoms with Gasteiger partial charge in [0.15, 0.2) is 0 Å². The molecule has 0 spiro atoms. The first-order chi connectivity index (χ1) is 13.3. The van der Waals surface area contributed by atoms with Crippen molar-refractivity contribution in [3.63, 3.8) is 0 Å². The van der Waals surface area contributed by atoms with E-state index in [2.05, 4.69) is 44.2 Å². The zero-order chi connectivity index (χ0) is 19.1. The maximum absolute atomic E-state index is 6.41. The Balaban J connectivity index is 2.00. The van der Waals surface area contributed by atoms with E-state index in [0.717, 1.165) is 66.2 Å². The predicted molar refractivity (Wildman–Crippen MR) is 115 cm³/mol. The van der Waals surface area contributed by atoms with Gasteiger partial charge in [0, 0.05) is 33.4 Å². The summed E-state index contributed by atoms with van der Waals surface area (Å²) in [5.74, 6) is 2.03. The largest absolute Gasteiger partial charge is 0.493 e. The average Bonchev–Trinajstić information content (AvgIpc) is 2.69. The van der Waals surface area contributed by atoms with Crippen molar-refractivity contribution in [1.82, 2.24) is 0 Å². The van der Waals surface area contributed by atoms with Gasteiger partial charge in [-0.3, -0.25) is 0 Å². The molecule has 2 nitrogen and oxygen atoms in total. The van der Waals surface area contributed by atoms with Crippen molar-refractivity contribution in [1.29, 1.82) is 0 Å². The number of unbranched alkanes of at least 4 members (excludes halogenated alkanes) is 4. The minimum Gasteiger partial charge on any atom is -0.493 e. The molecular formula is C24H31ClO2. The van der Waals surface area contributed by atoms with Crippen LogP contribution in [0.25, 0.3) is 10.8 Å².